The van der Waals surface area contributed by atoms with Crippen molar-refractivity contribution >= 4 is 16.9 Å². The smallest absolute Gasteiger partial charge is 0.232 e. The zero-order valence-electron chi connectivity index (χ0n) is 16.5. The van der Waals surface area contributed by atoms with Crippen LogP contribution in [0.3, 0.4) is 0 Å². The maximum atomic E-state index is 13.6. The molecule has 1 fully saturated rings. The van der Waals surface area contributed by atoms with Crippen molar-refractivity contribution in [1.29, 1.82) is 0 Å². The van der Waals surface area contributed by atoms with Crippen LogP contribution in [-0.2, 0) is 0 Å². The Morgan fingerprint density at radius 2 is 1.40 bits per heavy atom. The summed E-state index contributed by atoms with van der Waals surface area (Å²) in [6.45, 7) is 3.53. The van der Waals surface area contributed by atoms with E-state index in [0.717, 1.165) is 54.1 Å². The highest BCUT2D eigenvalue weighted by atomic mass is 19.1. The third kappa shape index (κ3) is 3.31. The van der Waals surface area contributed by atoms with Crippen LogP contribution >= 0.6 is 0 Å². The molecular formula is C23H20F2N4O. The van der Waals surface area contributed by atoms with Crippen LogP contribution < -0.4 is 4.90 Å². The Morgan fingerprint density at radius 3 is 2.03 bits per heavy atom. The van der Waals surface area contributed by atoms with Crippen molar-refractivity contribution in [3.8, 4) is 22.5 Å². The van der Waals surface area contributed by atoms with E-state index in [1.54, 1.807) is 24.3 Å². The Kier molecular flexibility index (Phi) is 4.67. The van der Waals surface area contributed by atoms with E-state index in [1.165, 1.54) is 30.6 Å². The van der Waals surface area contributed by atoms with Gasteiger partial charge in [-0.1, -0.05) is 12.1 Å². The van der Waals surface area contributed by atoms with E-state index in [-0.39, 0.29) is 11.6 Å². The average Bonchev–Trinajstić information content (AvgIpc) is 3.15. The van der Waals surface area contributed by atoms with Gasteiger partial charge in [0.05, 0.1) is 5.39 Å². The number of anilines is 1. The molecule has 1 saturated heterocycles. The molecule has 7 heteroatoms. The lowest BCUT2D eigenvalue weighted by Crippen LogP contribution is -2.44. The van der Waals surface area contributed by atoms with Crippen molar-refractivity contribution in [2.45, 2.75) is 0 Å². The molecule has 2 aromatic heterocycles. The van der Waals surface area contributed by atoms with E-state index in [1.807, 2.05) is 0 Å². The van der Waals surface area contributed by atoms with Gasteiger partial charge in [0.1, 0.15) is 29.5 Å². The fourth-order valence-corrected chi connectivity index (χ4v) is 3.87. The second kappa shape index (κ2) is 7.50. The van der Waals surface area contributed by atoms with E-state index in [9.17, 15) is 8.78 Å². The quantitative estimate of drug-likeness (QED) is 0.498. The van der Waals surface area contributed by atoms with Crippen LogP contribution in [-0.4, -0.2) is 48.1 Å². The van der Waals surface area contributed by atoms with Crippen molar-refractivity contribution in [3.63, 3.8) is 0 Å². The molecule has 1 aliphatic heterocycles. The van der Waals surface area contributed by atoms with E-state index >= 15 is 0 Å². The van der Waals surface area contributed by atoms with E-state index in [4.69, 9.17) is 4.42 Å². The number of benzene rings is 2. The normalized spacial score (nSPS) is 15.1. The van der Waals surface area contributed by atoms with Gasteiger partial charge in [0, 0.05) is 37.3 Å². The molecule has 0 bridgehead atoms. The SMILES string of the molecule is CN1CCN(c2ncnc3oc(-c4ccc(F)cc4)c(-c4ccc(F)cc4)c23)CC1. The van der Waals surface area contributed by atoms with Crippen molar-refractivity contribution in [3.05, 3.63) is 66.5 Å². The largest absolute Gasteiger partial charge is 0.437 e. The second-order valence-corrected chi connectivity index (χ2v) is 7.49. The zero-order valence-corrected chi connectivity index (χ0v) is 16.5. The molecule has 3 heterocycles. The van der Waals surface area contributed by atoms with Gasteiger partial charge in [-0.05, 0) is 49.0 Å². The molecule has 0 spiro atoms. The monoisotopic (exact) mass is 406 g/mol. The van der Waals surface area contributed by atoms with Crippen LogP contribution in [0.4, 0.5) is 14.6 Å². The lowest BCUT2D eigenvalue weighted by Gasteiger charge is -2.33. The van der Waals surface area contributed by atoms with E-state index in [0.29, 0.717) is 11.5 Å². The molecule has 0 N–H and O–H groups in total. The number of furan rings is 1. The standard InChI is InChI=1S/C23H20F2N4O/c1-28-10-12-29(13-11-28)22-20-19(15-2-6-17(24)7-3-15)21(30-23(20)27-14-26-22)16-4-8-18(25)9-5-16/h2-9,14H,10-13H2,1H3. The Bertz CT molecular complexity index is 1180. The Hall–Kier alpha value is -3.32. The highest BCUT2D eigenvalue weighted by molar-refractivity contribution is 6.06. The van der Waals surface area contributed by atoms with Crippen LogP contribution in [0.25, 0.3) is 33.6 Å². The van der Waals surface area contributed by atoms with Crippen molar-refractivity contribution in [1.82, 2.24) is 14.9 Å². The minimum absolute atomic E-state index is 0.314. The van der Waals surface area contributed by atoms with Gasteiger partial charge in [-0.3, -0.25) is 0 Å². The number of hydrogen-bond donors (Lipinski definition) is 0. The van der Waals surface area contributed by atoms with Crippen molar-refractivity contribution in [2.75, 3.05) is 38.1 Å². The number of aromatic nitrogens is 2. The maximum absolute atomic E-state index is 13.6. The molecule has 0 atom stereocenters. The molecule has 5 nitrogen and oxygen atoms in total. The highest BCUT2D eigenvalue weighted by Crippen LogP contribution is 2.43. The number of halogens is 2. The Balaban J connectivity index is 1.75. The van der Waals surface area contributed by atoms with Gasteiger partial charge in [0.2, 0.25) is 5.71 Å². The van der Waals surface area contributed by atoms with Gasteiger partial charge in [-0.2, -0.15) is 0 Å². The van der Waals surface area contributed by atoms with Gasteiger partial charge in [-0.25, -0.2) is 18.7 Å². The highest BCUT2D eigenvalue weighted by Gasteiger charge is 2.26. The number of piperazine rings is 1. The Labute approximate surface area is 172 Å². The summed E-state index contributed by atoms with van der Waals surface area (Å²) in [7, 11) is 2.10. The number of fused-ring (bicyclic) bond motifs is 1. The minimum atomic E-state index is -0.323. The zero-order chi connectivity index (χ0) is 20.7. The van der Waals surface area contributed by atoms with Gasteiger partial charge in [0.25, 0.3) is 0 Å². The predicted octanol–water partition coefficient (Wildman–Crippen LogP) is 4.59. The summed E-state index contributed by atoms with van der Waals surface area (Å²) >= 11 is 0. The van der Waals surface area contributed by atoms with Gasteiger partial charge in [-0.15, -0.1) is 0 Å². The molecular weight excluding hydrogens is 386 g/mol. The van der Waals surface area contributed by atoms with Crippen molar-refractivity contribution in [2.24, 2.45) is 0 Å². The summed E-state index contributed by atoms with van der Waals surface area (Å²) < 4.78 is 33.3. The first-order valence-corrected chi connectivity index (χ1v) is 9.83. The molecule has 0 unspecified atom stereocenters. The molecule has 0 amide bonds. The third-order valence-electron chi connectivity index (χ3n) is 5.51. The van der Waals surface area contributed by atoms with Crippen LogP contribution in [0.15, 0.2) is 59.3 Å². The first kappa shape index (κ1) is 18.7. The van der Waals surface area contributed by atoms with Crippen molar-refractivity contribution < 1.29 is 13.2 Å². The fraction of sp³-hybridized carbons (Fsp3) is 0.217. The summed E-state index contributed by atoms with van der Waals surface area (Å²) in [5, 5.41) is 0.785. The second-order valence-electron chi connectivity index (χ2n) is 7.49. The molecule has 2 aromatic carbocycles. The number of rotatable bonds is 3. The molecule has 5 rings (SSSR count). The Morgan fingerprint density at radius 1 is 0.800 bits per heavy atom. The summed E-state index contributed by atoms with van der Waals surface area (Å²) in [5.74, 6) is 0.721. The molecule has 30 heavy (non-hydrogen) atoms. The van der Waals surface area contributed by atoms with Crippen LogP contribution in [0.1, 0.15) is 0 Å². The summed E-state index contributed by atoms with van der Waals surface area (Å²) in [5.41, 5.74) is 2.75. The number of nitrogens with zero attached hydrogens (tertiary/aromatic N) is 4. The molecule has 0 saturated carbocycles. The van der Waals surface area contributed by atoms with Crippen LogP contribution in [0.5, 0.6) is 0 Å². The average molecular weight is 406 g/mol. The molecule has 4 aromatic rings. The molecule has 0 radical (unpaired) electrons. The van der Waals surface area contributed by atoms with Gasteiger partial charge in [0.15, 0.2) is 0 Å². The lowest BCUT2D eigenvalue weighted by molar-refractivity contribution is 0.312. The fourth-order valence-electron chi connectivity index (χ4n) is 3.87. The number of hydrogen-bond acceptors (Lipinski definition) is 5. The van der Waals surface area contributed by atoms with Crippen LogP contribution in [0.2, 0.25) is 0 Å². The first-order valence-electron chi connectivity index (χ1n) is 9.83. The third-order valence-corrected chi connectivity index (χ3v) is 5.51. The van der Waals surface area contributed by atoms with Crippen LogP contribution in [0, 0.1) is 11.6 Å². The summed E-state index contributed by atoms with van der Waals surface area (Å²) in [4.78, 5) is 13.4. The van der Waals surface area contributed by atoms with E-state index in [2.05, 4.69) is 26.8 Å². The lowest BCUT2D eigenvalue weighted by atomic mass is 9.99. The van der Waals surface area contributed by atoms with Gasteiger partial charge >= 0.3 is 0 Å². The molecule has 152 valence electrons. The predicted molar refractivity (Wildman–Crippen MR) is 112 cm³/mol. The first-order chi connectivity index (χ1) is 14.6. The minimum Gasteiger partial charge on any atom is -0.437 e. The topological polar surface area (TPSA) is 45.4 Å². The number of likely N-dealkylation sites (N-methyl/N-ethyl adjacent to an activating group) is 1. The van der Waals surface area contributed by atoms with E-state index < -0.39 is 0 Å². The molecule has 0 aliphatic carbocycles. The maximum Gasteiger partial charge on any atom is 0.232 e. The summed E-state index contributed by atoms with van der Waals surface area (Å²) in [6.07, 6.45) is 1.50. The summed E-state index contributed by atoms with van der Waals surface area (Å²) in [6, 6.07) is 12.4. The van der Waals surface area contributed by atoms with Gasteiger partial charge < -0.3 is 14.2 Å². The molecule has 1 aliphatic rings.